The number of carbonyl (C=O) groups excluding carboxylic acids is 2. The second-order valence-electron chi connectivity index (χ2n) is 7.51. The first kappa shape index (κ1) is 22.5. The maximum atomic E-state index is 15.1. The first-order valence-electron chi connectivity index (χ1n) is 9.96. The third-order valence-corrected chi connectivity index (χ3v) is 5.87. The van der Waals surface area contributed by atoms with Crippen LogP contribution < -0.4 is 15.8 Å². The Hall–Kier alpha value is -3.65. The molecule has 170 valence electrons. The predicted octanol–water partition coefficient (Wildman–Crippen LogP) is 4.57. The summed E-state index contributed by atoms with van der Waals surface area (Å²) < 4.78 is 40.7. The number of amides is 2. The summed E-state index contributed by atoms with van der Waals surface area (Å²) in [5, 5.41) is 2.53. The van der Waals surface area contributed by atoms with Gasteiger partial charge in [-0.25, -0.2) is 13.6 Å². The SMILES string of the molecule is CNC(=O)c1ccc(F)c(F)c1-c1c(Cl)ccc2c1CC(COC(N)=O)(c1ccccc1)O2. The quantitative estimate of drug-likeness (QED) is 0.569. The molecular formula is C24H19ClF2N2O4. The molecule has 6 nitrogen and oxygen atoms in total. The minimum absolute atomic E-state index is 0.0858. The summed E-state index contributed by atoms with van der Waals surface area (Å²) in [5.74, 6) is -2.62. The van der Waals surface area contributed by atoms with Crippen molar-refractivity contribution in [3.63, 3.8) is 0 Å². The minimum Gasteiger partial charge on any atom is -0.478 e. The summed E-state index contributed by atoms with van der Waals surface area (Å²) in [6, 6.07) is 14.1. The zero-order chi connectivity index (χ0) is 23.8. The fourth-order valence-corrected chi connectivity index (χ4v) is 4.32. The van der Waals surface area contributed by atoms with E-state index in [2.05, 4.69) is 5.32 Å². The molecule has 0 saturated heterocycles. The van der Waals surface area contributed by atoms with Gasteiger partial charge in [0.25, 0.3) is 5.91 Å². The summed E-state index contributed by atoms with van der Waals surface area (Å²) in [7, 11) is 1.38. The van der Waals surface area contributed by atoms with Gasteiger partial charge in [0.2, 0.25) is 0 Å². The van der Waals surface area contributed by atoms with Crippen molar-refractivity contribution in [2.24, 2.45) is 5.73 Å². The molecule has 2 amide bonds. The third-order valence-electron chi connectivity index (χ3n) is 5.55. The lowest BCUT2D eigenvalue weighted by molar-refractivity contribution is 0.0148. The molecule has 3 aromatic carbocycles. The highest BCUT2D eigenvalue weighted by molar-refractivity contribution is 6.34. The second-order valence-corrected chi connectivity index (χ2v) is 7.92. The van der Waals surface area contributed by atoms with Crippen molar-refractivity contribution in [1.82, 2.24) is 5.32 Å². The molecule has 0 bridgehead atoms. The average Bonchev–Trinajstić information content (AvgIpc) is 3.20. The standard InChI is InChI=1S/C24H19ClF2N2O4/c1-29-22(30)14-7-9-17(26)21(27)20(14)19-15-11-24(12-32-23(28)31,13-5-3-2-4-6-13)33-18(15)10-8-16(19)25/h2-10H,11-12H2,1H3,(H2,28,31)(H,29,30). The monoisotopic (exact) mass is 472 g/mol. The Morgan fingerprint density at radius 2 is 1.85 bits per heavy atom. The third kappa shape index (κ3) is 3.98. The van der Waals surface area contributed by atoms with E-state index in [-0.39, 0.29) is 34.7 Å². The normalized spacial score (nSPS) is 16.6. The predicted molar refractivity (Wildman–Crippen MR) is 118 cm³/mol. The minimum atomic E-state index is -1.21. The summed E-state index contributed by atoms with van der Waals surface area (Å²) in [6.45, 7) is -0.230. The molecule has 0 radical (unpaired) electrons. The number of hydrogen-bond donors (Lipinski definition) is 2. The van der Waals surface area contributed by atoms with Gasteiger partial charge in [0.05, 0.1) is 5.56 Å². The Bertz CT molecular complexity index is 1250. The molecule has 0 aliphatic carbocycles. The molecule has 33 heavy (non-hydrogen) atoms. The van der Waals surface area contributed by atoms with Crippen LogP contribution in [0.3, 0.4) is 0 Å². The van der Waals surface area contributed by atoms with E-state index in [1.54, 1.807) is 30.3 Å². The van der Waals surface area contributed by atoms with Crippen molar-refractivity contribution in [3.05, 3.63) is 87.9 Å². The summed E-state index contributed by atoms with van der Waals surface area (Å²) in [4.78, 5) is 23.8. The van der Waals surface area contributed by atoms with E-state index in [9.17, 15) is 14.0 Å². The molecule has 0 fully saturated rings. The Morgan fingerprint density at radius 3 is 2.52 bits per heavy atom. The molecule has 3 aromatic rings. The van der Waals surface area contributed by atoms with E-state index in [4.69, 9.17) is 26.8 Å². The number of carbonyl (C=O) groups is 2. The Morgan fingerprint density at radius 1 is 1.12 bits per heavy atom. The molecule has 1 aliphatic rings. The maximum absolute atomic E-state index is 15.1. The zero-order valence-corrected chi connectivity index (χ0v) is 18.2. The van der Waals surface area contributed by atoms with Crippen molar-refractivity contribution in [3.8, 4) is 16.9 Å². The highest BCUT2D eigenvalue weighted by Crippen LogP contribution is 2.49. The molecule has 1 unspecified atom stereocenters. The van der Waals surface area contributed by atoms with Gasteiger partial charge in [-0.3, -0.25) is 4.79 Å². The van der Waals surface area contributed by atoms with E-state index < -0.39 is 29.2 Å². The van der Waals surface area contributed by atoms with E-state index in [1.165, 1.54) is 19.2 Å². The second kappa shape index (κ2) is 8.71. The van der Waals surface area contributed by atoms with Crippen LogP contribution in [0.1, 0.15) is 21.5 Å². The van der Waals surface area contributed by atoms with E-state index in [0.717, 1.165) is 6.07 Å². The Labute approximate surface area is 193 Å². The highest BCUT2D eigenvalue weighted by atomic mass is 35.5. The Balaban J connectivity index is 1.93. The molecule has 0 aromatic heterocycles. The van der Waals surface area contributed by atoms with Gasteiger partial charge >= 0.3 is 6.09 Å². The number of fused-ring (bicyclic) bond motifs is 1. The van der Waals surface area contributed by atoms with Gasteiger partial charge in [0, 0.05) is 35.2 Å². The van der Waals surface area contributed by atoms with Crippen LogP contribution in [0.15, 0.2) is 54.6 Å². The van der Waals surface area contributed by atoms with Gasteiger partial charge in [0.15, 0.2) is 17.2 Å². The van der Waals surface area contributed by atoms with Gasteiger partial charge in [-0.05, 0) is 29.8 Å². The lowest BCUT2D eigenvalue weighted by atomic mass is 9.86. The van der Waals surface area contributed by atoms with Crippen LogP contribution >= 0.6 is 11.6 Å². The number of hydrogen-bond acceptors (Lipinski definition) is 4. The number of ether oxygens (including phenoxy) is 2. The van der Waals surface area contributed by atoms with Crippen LogP contribution in [0.5, 0.6) is 5.75 Å². The number of nitrogens with one attached hydrogen (secondary N) is 1. The molecule has 0 saturated carbocycles. The smallest absolute Gasteiger partial charge is 0.404 e. The fraction of sp³-hybridized carbons (Fsp3) is 0.167. The molecule has 1 atom stereocenters. The molecule has 1 heterocycles. The number of halogens is 3. The number of benzene rings is 3. The summed E-state index contributed by atoms with van der Waals surface area (Å²) >= 11 is 6.47. The fourth-order valence-electron chi connectivity index (χ4n) is 4.05. The Kier molecular flexibility index (Phi) is 5.95. The van der Waals surface area contributed by atoms with Gasteiger partial charge in [-0.15, -0.1) is 0 Å². The van der Waals surface area contributed by atoms with Crippen molar-refractivity contribution >= 4 is 23.6 Å². The largest absolute Gasteiger partial charge is 0.478 e. The molecular weight excluding hydrogens is 454 g/mol. The lowest BCUT2D eigenvalue weighted by Crippen LogP contribution is -2.38. The van der Waals surface area contributed by atoms with Crippen LogP contribution in [-0.2, 0) is 16.8 Å². The van der Waals surface area contributed by atoms with Crippen molar-refractivity contribution in [2.45, 2.75) is 12.0 Å². The van der Waals surface area contributed by atoms with Crippen molar-refractivity contribution < 1.29 is 27.8 Å². The maximum Gasteiger partial charge on any atom is 0.404 e. The van der Waals surface area contributed by atoms with Crippen LogP contribution in [-0.4, -0.2) is 25.7 Å². The van der Waals surface area contributed by atoms with Crippen molar-refractivity contribution in [2.75, 3.05) is 13.7 Å². The average molecular weight is 473 g/mol. The molecule has 4 rings (SSSR count). The summed E-state index contributed by atoms with van der Waals surface area (Å²) in [6.07, 6.45) is -0.889. The van der Waals surface area contributed by atoms with E-state index in [1.807, 2.05) is 6.07 Å². The van der Waals surface area contributed by atoms with Crippen LogP contribution in [0.4, 0.5) is 13.6 Å². The van der Waals surface area contributed by atoms with Crippen LogP contribution in [0.2, 0.25) is 5.02 Å². The zero-order valence-electron chi connectivity index (χ0n) is 17.5. The van der Waals surface area contributed by atoms with E-state index in [0.29, 0.717) is 16.9 Å². The van der Waals surface area contributed by atoms with Crippen molar-refractivity contribution in [1.29, 1.82) is 0 Å². The van der Waals surface area contributed by atoms with Crippen LogP contribution in [0, 0.1) is 11.6 Å². The topological polar surface area (TPSA) is 90.6 Å². The van der Waals surface area contributed by atoms with Gasteiger partial charge < -0.3 is 20.5 Å². The van der Waals surface area contributed by atoms with E-state index >= 15 is 4.39 Å². The molecule has 0 spiro atoms. The molecule has 1 aliphatic heterocycles. The highest BCUT2D eigenvalue weighted by Gasteiger charge is 2.44. The van der Waals surface area contributed by atoms with Gasteiger partial charge in [-0.2, -0.15) is 0 Å². The number of nitrogens with two attached hydrogens (primary N) is 1. The van der Waals surface area contributed by atoms with Gasteiger partial charge in [-0.1, -0.05) is 41.9 Å². The first-order chi connectivity index (χ1) is 15.8. The number of rotatable bonds is 5. The van der Waals surface area contributed by atoms with Crippen LogP contribution in [0.25, 0.3) is 11.1 Å². The first-order valence-corrected chi connectivity index (χ1v) is 10.3. The number of primary amides is 1. The lowest BCUT2D eigenvalue weighted by Gasteiger charge is -2.28. The molecule has 9 heteroatoms. The summed E-state index contributed by atoms with van der Waals surface area (Å²) in [5.41, 5.74) is 4.88. The van der Waals surface area contributed by atoms with Gasteiger partial charge in [0.1, 0.15) is 12.4 Å². The molecule has 3 N–H and O–H groups in total.